The molecular formula is C16H15NS. The maximum Gasteiger partial charge on any atom is 0.0423 e. The maximum absolute atomic E-state index is 5.53. The summed E-state index contributed by atoms with van der Waals surface area (Å²) in [5, 5.41) is 5.40. The molecule has 0 spiro atoms. The summed E-state index contributed by atoms with van der Waals surface area (Å²) in [7, 11) is 0. The fourth-order valence-corrected chi connectivity index (χ4v) is 2.38. The summed E-state index contributed by atoms with van der Waals surface area (Å²) in [5.74, 6) is 2.75. The van der Waals surface area contributed by atoms with E-state index in [1.54, 1.807) is 11.3 Å². The second kappa shape index (κ2) is 6.68. The van der Waals surface area contributed by atoms with Crippen molar-refractivity contribution in [2.45, 2.75) is 6.42 Å². The van der Waals surface area contributed by atoms with E-state index in [9.17, 15) is 0 Å². The van der Waals surface area contributed by atoms with Crippen molar-refractivity contribution in [1.82, 2.24) is 0 Å². The predicted molar refractivity (Wildman–Crippen MR) is 80.7 cm³/mol. The number of hydrogen-bond donors (Lipinski definition) is 1. The van der Waals surface area contributed by atoms with Gasteiger partial charge in [-0.05, 0) is 30.0 Å². The van der Waals surface area contributed by atoms with Gasteiger partial charge in [0.05, 0.1) is 0 Å². The quantitative estimate of drug-likeness (QED) is 0.620. The van der Waals surface area contributed by atoms with Crippen molar-refractivity contribution < 1.29 is 0 Å². The van der Waals surface area contributed by atoms with E-state index in [0.29, 0.717) is 0 Å². The lowest BCUT2D eigenvalue weighted by atomic mass is 10.2. The molecule has 0 aliphatic heterocycles. The molecule has 0 saturated carbocycles. The fraction of sp³-hybridized carbons (Fsp3) is 0.125. The predicted octanol–water partition coefficient (Wildman–Crippen LogP) is 4.27. The van der Waals surface area contributed by atoms with Crippen LogP contribution in [0.15, 0.2) is 53.9 Å². The Labute approximate surface area is 112 Å². The van der Waals surface area contributed by atoms with Crippen LogP contribution in [0, 0.1) is 12.3 Å². The first-order valence-corrected chi connectivity index (χ1v) is 6.77. The van der Waals surface area contributed by atoms with E-state index in [1.807, 2.05) is 29.6 Å². The molecule has 0 amide bonds. The van der Waals surface area contributed by atoms with Crippen LogP contribution in [0.2, 0.25) is 0 Å². The van der Waals surface area contributed by atoms with Gasteiger partial charge in [-0.25, -0.2) is 0 Å². The molecule has 18 heavy (non-hydrogen) atoms. The first-order chi connectivity index (χ1) is 8.90. The minimum absolute atomic E-state index is 0.889. The van der Waals surface area contributed by atoms with E-state index < -0.39 is 0 Å². The zero-order valence-corrected chi connectivity index (χ0v) is 10.9. The Morgan fingerprint density at radius 2 is 2.06 bits per heavy atom. The molecule has 0 aliphatic rings. The molecule has 1 nitrogen and oxygen atoms in total. The van der Waals surface area contributed by atoms with Crippen molar-refractivity contribution in [2.75, 3.05) is 11.9 Å². The zero-order chi connectivity index (χ0) is 12.6. The average molecular weight is 253 g/mol. The topological polar surface area (TPSA) is 12.0 Å². The molecule has 0 unspecified atom stereocenters. The minimum Gasteiger partial charge on any atom is -0.385 e. The molecule has 90 valence electrons. The minimum atomic E-state index is 0.889. The van der Waals surface area contributed by atoms with Crippen molar-refractivity contribution in [3.63, 3.8) is 0 Å². The van der Waals surface area contributed by atoms with E-state index in [2.05, 4.69) is 35.5 Å². The summed E-state index contributed by atoms with van der Waals surface area (Å²) in [6, 6.07) is 14.3. The molecular weight excluding hydrogens is 238 g/mol. The number of benzene rings is 1. The summed E-state index contributed by atoms with van der Waals surface area (Å²) >= 11 is 1.68. The van der Waals surface area contributed by atoms with Crippen LogP contribution in [-0.4, -0.2) is 6.54 Å². The van der Waals surface area contributed by atoms with Gasteiger partial charge in [-0.1, -0.05) is 36.3 Å². The second-order valence-corrected chi connectivity index (χ2v) is 4.77. The lowest BCUT2D eigenvalue weighted by Gasteiger charge is -2.03. The Bertz CT molecular complexity index is 532. The first-order valence-electron chi connectivity index (χ1n) is 5.90. The van der Waals surface area contributed by atoms with Gasteiger partial charge in [0.25, 0.3) is 0 Å². The lowest BCUT2D eigenvalue weighted by Crippen LogP contribution is -1.99. The van der Waals surface area contributed by atoms with Crippen molar-refractivity contribution in [1.29, 1.82) is 0 Å². The Morgan fingerprint density at radius 3 is 2.72 bits per heavy atom. The number of para-hydroxylation sites is 1. The second-order valence-electron chi connectivity index (χ2n) is 3.82. The fourth-order valence-electron chi connectivity index (χ4n) is 1.65. The third-order valence-electron chi connectivity index (χ3n) is 2.54. The number of nitrogens with one attached hydrogen (secondary N) is 1. The van der Waals surface area contributed by atoms with E-state index in [1.165, 1.54) is 0 Å². The highest BCUT2D eigenvalue weighted by Gasteiger charge is 1.98. The summed E-state index contributed by atoms with van der Waals surface area (Å²) in [4.78, 5) is 1.16. The van der Waals surface area contributed by atoms with Gasteiger partial charge in [0.15, 0.2) is 0 Å². The molecule has 0 atom stereocenters. The van der Waals surface area contributed by atoms with Crippen LogP contribution in [0.25, 0.3) is 5.57 Å². The van der Waals surface area contributed by atoms with Gasteiger partial charge in [0.1, 0.15) is 0 Å². The van der Waals surface area contributed by atoms with Gasteiger partial charge in [-0.2, -0.15) is 0 Å². The molecule has 0 fully saturated rings. The van der Waals surface area contributed by atoms with E-state index >= 15 is 0 Å². The van der Waals surface area contributed by atoms with Gasteiger partial charge >= 0.3 is 0 Å². The molecule has 2 heteroatoms. The molecule has 1 N–H and O–H groups in total. The maximum atomic E-state index is 5.53. The highest BCUT2D eigenvalue weighted by Crippen LogP contribution is 2.19. The summed E-state index contributed by atoms with van der Waals surface area (Å²) in [6.45, 7) is 0.889. The molecule has 1 aromatic carbocycles. The molecule has 0 bridgehead atoms. The zero-order valence-electron chi connectivity index (χ0n) is 10.1. The third-order valence-corrected chi connectivity index (χ3v) is 3.44. The molecule has 2 aromatic rings. The Kier molecular flexibility index (Phi) is 4.63. The molecule has 2 rings (SSSR count). The summed E-state index contributed by atoms with van der Waals surface area (Å²) in [6.07, 6.45) is 8.56. The monoisotopic (exact) mass is 253 g/mol. The number of rotatable bonds is 5. The van der Waals surface area contributed by atoms with Gasteiger partial charge in [-0.15, -0.1) is 17.8 Å². The SMILES string of the molecule is C#C/C(=C\CCNc1ccccc1)c1cccs1. The van der Waals surface area contributed by atoms with Crippen LogP contribution in [0.3, 0.4) is 0 Å². The lowest BCUT2D eigenvalue weighted by molar-refractivity contribution is 1.07. The third kappa shape index (κ3) is 3.51. The first kappa shape index (κ1) is 12.5. The van der Waals surface area contributed by atoms with Gasteiger partial charge in [0, 0.05) is 22.7 Å². The van der Waals surface area contributed by atoms with E-state index in [0.717, 1.165) is 29.1 Å². The van der Waals surface area contributed by atoms with E-state index in [4.69, 9.17) is 6.42 Å². The molecule has 1 heterocycles. The average Bonchev–Trinajstić information content (AvgIpc) is 2.94. The number of anilines is 1. The van der Waals surface area contributed by atoms with Gasteiger partial charge in [0.2, 0.25) is 0 Å². The van der Waals surface area contributed by atoms with Crippen LogP contribution >= 0.6 is 11.3 Å². The molecule has 0 radical (unpaired) electrons. The largest absolute Gasteiger partial charge is 0.385 e. The Balaban J connectivity index is 1.86. The summed E-state index contributed by atoms with van der Waals surface area (Å²) in [5.41, 5.74) is 2.13. The van der Waals surface area contributed by atoms with Crippen LogP contribution in [0.4, 0.5) is 5.69 Å². The van der Waals surface area contributed by atoms with Crippen molar-refractivity contribution in [3.8, 4) is 12.3 Å². The summed E-state index contributed by atoms with van der Waals surface area (Å²) < 4.78 is 0. The van der Waals surface area contributed by atoms with Gasteiger partial charge < -0.3 is 5.32 Å². The normalized spacial score (nSPS) is 10.9. The van der Waals surface area contributed by atoms with Crippen molar-refractivity contribution in [2.24, 2.45) is 0 Å². The molecule has 0 saturated heterocycles. The van der Waals surface area contributed by atoms with Crippen LogP contribution < -0.4 is 5.32 Å². The number of hydrogen-bond acceptors (Lipinski definition) is 2. The Morgan fingerprint density at radius 1 is 1.22 bits per heavy atom. The Hall–Kier alpha value is -1.98. The number of terminal acetylenes is 1. The van der Waals surface area contributed by atoms with Crippen molar-refractivity contribution >= 4 is 22.6 Å². The number of thiophene rings is 1. The van der Waals surface area contributed by atoms with Crippen LogP contribution in [-0.2, 0) is 0 Å². The number of allylic oxidation sites excluding steroid dienone is 1. The molecule has 0 aliphatic carbocycles. The standard InChI is InChI=1S/C16H15NS/c1-2-14(16-11-7-13-18-16)8-6-12-17-15-9-4-3-5-10-15/h1,3-5,7-11,13,17H,6,12H2/b14-8+. The van der Waals surface area contributed by atoms with Crippen molar-refractivity contribution in [3.05, 3.63) is 58.8 Å². The van der Waals surface area contributed by atoms with Crippen LogP contribution in [0.1, 0.15) is 11.3 Å². The molecule has 1 aromatic heterocycles. The highest BCUT2D eigenvalue weighted by molar-refractivity contribution is 7.11. The highest BCUT2D eigenvalue weighted by atomic mass is 32.1. The smallest absolute Gasteiger partial charge is 0.0423 e. The van der Waals surface area contributed by atoms with E-state index in [-0.39, 0.29) is 0 Å². The van der Waals surface area contributed by atoms with Crippen LogP contribution in [0.5, 0.6) is 0 Å². The van der Waals surface area contributed by atoms with Gasteiger partial charge in [-0.3, -0.25) is 0 Å².